The monoisotopic (exact) mass is 290 g/mol. The number of carboxylic acid groups (broad SMARTS) is 2. The number of nitrogens with zero attached hydrogens (tertiary/aromatic N) is 2. The van der Waals surface area contributed by atoms with Gasteiger partial charge in [-0.15, -0.1) is 0 Å². The zero-order valence-electron chi connectivity index (χ0n) is 11.8. The minimum absolute atomic E-state index is 0.402. The van der Waals surface area contributed by atoms with Gasteiger partial charge in [-0.05, 0) is 38.8 Å². The fourth-order valence-corrected chi connectivity index (χ4v) is 1.78. The van der Waals surface area contributed by atoms with E-state index in [1.54, 1.807) is 0 Å². The summed E-state index contributed by atoms with van der Waals surface area (Å²) >= 11 is 0. The third kappa shape index (κ3) is 8.54. The fourth-order valence-electron chi connectivity index (χ4n) is 1.78. The Labute approximate surface area is 119 Å². The molecular weight excluding hydrogens is 264 g/mol. The maximum atomic E-state index is 10.9. The third-order valence-corrected chi connectivity index (χ3v) is 2.91. The van der Waals surface area contributed by atoms with Gasteiger partial charge in [-0.3, -0.25) is 0 Å². The van der Waals surface area contributed by atoms with Gasteiger partial charge in [0.15, 0.2) is 0 Å². The number of rotatable bonds is 11. The molecule has 8 heteroatoms. The van der Waals surface area contributed by atoms with Crippen LogP contribution in [0.15, 0.2) is 0 Å². The average molecular weight is 290 g/mol. The highest BCUT2D eigenvalue weighted by atomic mass is 16.4. The number of carbonyl (C=O) groups is 2. The van der Waals surface area contributed by atoms with E-state index in [1.165, 1.54) is 9.80 Å². The molecule has 0 rings (SSSR count). The van der Waals surface area contributed by atoms with Crippen molar-refractivity contribution in [3.8, 4) is 0 Å². The number of unbranched alkanes of at least 4 members (excludes halogenated alkanes) is 1. The molecule has 0 atom stereocenters. The van der Waals surface area contributed by atoms with E-state index in [4.69, 9.17) is 21.7 Å². The normalized spacial score (nSPS) is 10.3. The van der Waals surface area contributed by atoms with Crippen molar-refractivity contribution in [1.29, 1.82) is 0 Å². The predicted octanol–water partition coefficient (Wildman–Crippen LogP) is 0.424. The second-order valence-electron chi connectivity index (χ2n) is 4.53. The molecule has 0 bridgehead atoms. The highest BCUT2D eigenvalue weighted by Crippen LogP contribution is 2.01. The molecule has 0 unspecified atom stereocenters. The molecule has 0 aromatic carbocycles. The molecule has 0 aliphatic carbocycles. The fraction of sp³-hybridized carbons (Fsp3) is 0.833. The minimum Gasteiger partial charge on any atom is -0.465 e. The van der Waals surface area contributed by atoms with Crippen LogP contribution >= 0.6 is 0 Å². The molecule has 118 valence electrons. The first-order valence-electron chi connectivity index (χ1n) is 6.88. The minimum atomic E-state index is -0.961. The third-order valence-electron chi connectivity index (χ3n) is 2.91. The van der Waals surface area contributed by atoms with E-state index >= 15 is 0 Å². The number of hydrogen-bond donors (Lipinski definition) is 4. The van der Waals surface area contributed by atoms with E-state index in [0.717, 1.165) is 0 Å². The van der Waals surface area contributed by atoms with Crippen LogP contribution in [-0.2, 0) is 0 Å². The van der Waals surface area contributed by atoms with Gasteiger partial charge in [0.2, 0.25) is 0 Å². The van der Waals surface area contributed by atoms with Gasteiger partial charge in [0.25, 0.3) is 0 Å². The first kappa shape index (κ1) is 18.5. The van der Waals surface area contributed by atoms with Crippen LogP contribution in [-0.4, -0.2) is 71.5 Å². The topological polar surface area (TPSA) is 133 Å². The lowest BCUT2D eigenvalue weighted by Crippen LogP contribution is -2.34. The molecule has 8 nitrogen and oxygen atoms in total. The summed E-state index contributed by atoms with van der Waals surface area (Å²) in [6, 6.07) is 0. The zero-order valence-corrected chi connectivity index (χ0v) is 11.8. The van der Waals surface area contributed by atoms with Gasteiger partial charge in [-0.25, -0.2) is 9.59 Å². The maximum Gasteiger partial charge on any atom is 0.407 e. The quantitative estimate of drug-likeness (QED) is 0.408. The van der Waals surface area contributed by atoms with Crippen LogP contribution in [0.3, 0.4) is 0 Å². The van der Waals surface area contributed by atoms with E-state index < -0.39 is 12.2 Å². The summed E-state index contributed by atoms with van der Waals surface area (Å²) in [6.45, 7) is 2.55. The van der Waals surface area contributed by atoms with Crippen molar-refractivity contribution in [2.45, 2.75) is 25.7 Å². The second kappa shape index (κ2) is 11.3. The molecule has 0 aromatic heterocycles. The SMILES string of the molecule is NCCCN(CCCCN(CCCN)C(=O)O)C(=O)O. The summed E-state index contributed by atoms with van der Waals surface area (Å²) in [4.78, 5) is 24.5. The molecule has 0 saturated carbocycles. The smallest absolute Gasteiger partial charge is 0.407 e. The number of nitrogens with two attached hydrogens (primary N) is 2. The van der Waals surface area contributed by atoms with Crippen molar-refractivity contribution in [2.24, 2.45) is 11.5 Å². The van der Waals surface area contributed by atoms with Crippen LogP contribution in [0, 0.1) is 0 Å². The van der Waals surface area contributed by atoms with Gasteiger partial charge in [-0.2, -0.15) is 0 Å². The van der Waals surface area contributed by atoms with Crippen LogP contribution in [0.2, 0.25) is 0 Å². The van der Waals surface area contributed by atoms with Crippen LogP contribution < -0.4 is 11.5 Å². The largest absolute Gasteiger partial charge is 0.465 e. The Morgan fingerprint density at radius 1 is 0.700 bits per heavy atom. The van der Waals surface area contributed by atoms with Gasteiger partial charge in [0, 0.05) is 26.2 Å². The summed E-state index contributed by atoms with van der Waals surface area (Å²) in [5.74, 6) is 0. The molecule has 20 heavy (non-hydrogen) atoms. The lowest BCUT2D eigenvalue weighted by molar-refractivity contribution is 0.136. The van der Waals surface area contributed by atoms with E-state index in [2.05, 4.69) is 0 Å². The Balaban J connectivity index is 3.94. The van der Waals surface area contributed by atoms with Crippen molar-refractivity contribution in [3.63, 3.8) is 0 Å². The van der Waals surface area contributed by atoms with E-state index in [0.29, 0.717) is 65.0 Å². The highest BCUT2D eigenvalue weighted by Gasteiger charge is 2.13. The Bertz CT molecular complexity index is 261. The first-order valence-corrected chi connectivity index (χ1v) is 6.88. The van der Waals surface area contributed by atoms with Gasteiger partial charge in [0.05, 0.1) is 0 Å². The van der Waals surface area contributed by atoms with E-state index in [1.807, 2.05) is 0 Å². The molecule has 0 radical (unpaired) electrons. The summed E-state index contributed by atoms with van der Waals surface area (Å²) < 4.78 is 0. The molecule has 0 aromatic rings. The average Bonchev–Trinajstić information content (AvgIpc) is 2.40. The van der Waals surface area contributed by atoms with Gasteiger partial charge < -0.3 is 31.5 Å². The van der Waals surface area contributed by atoms with Crippen LogP contribution in [0.4, 0.5) is 9.59 Å². The molecule has 0 aliphatic rings. The Kier molecular flexibility index (Phi) is 10.4. The zero-order chi connectivity index (χ0) is 15.4. The lowest BCUT2D eigenvalue weighted by atomic mass is 10.2. The van der Waals surface area contributed by atoms with Gasteiger partial charge >= 0.3 is 12.2 Å². The Hall–Kier alpha value is -1.54. The Morgan fingerprint density at radius 3 is 1.25 bits per heavy atom. The van der Waals surface area contributed by atoms with Crippen molar-refractivity contribution in [2.75, 3.05) is 39.3 Å². The molecule has 0 fully saturated rings. The van der Waals surface area contributed by atoms with Crippen molar-refractivity contribution >= 4 is 12.2 Å². The molecule has 0 saturated heterocycles. The molecule has 0 aliphatic heterocycles. The van der Waals surface area contributed by atoms with Crippen LogP contribution in [0.25, 0.3) is 0 Å². The number of hydrogen-bond acceptors (Lipinski definition) is 4. The predicted molar refractivity (Wildman–Crippen MR) is 75.8 cm³/mol. The highest BCUT2D eigenvalue weighted by molar-refractivity contribution is 5.65. The molecular formula is C12H26N4O4. The van der Waals surface area contributed by atoms with Crippen molar-refractivity contribution in [3.05, 3.63) is 0 Å². The summed E-state index contributed by atoms with van der Waals surface area (Å²) in [6.07, 6.45) is 0.592. The van der Waals surface area contributed by atoms with Crippen molar-refractivity contribution < 1.29 is 19.8 Å². The maximum absolute atomic E-state index is 10.9. The van der Waals surface area contributed by atoms with E-state index in [9.17, 15) is 9.59 Å². The molecule has 0 heterocycles. The summed E-state index contributed by atoms with van der Waals surface area (Å²) in [7, 11) is 0. The van der Waals surface area contributed by atoms with Crippen LogP contribution in [0.5, 0.6) is 0 Å². The van der Waals surface area contributed by atoms with Crippen molar-refractivity contribution in [1.82, 2.24) is 9.80 Å². The van der Waals surface area contributed by atoms with E-state index in [-0.39, 0.29) is 0 Å². The molecule has 0 spiro atoms. The second-order valence-corrected chi connectivity index (χ2v) is 4.53. The summed E-state index contributed by atoms with van der Waals surface area (Å²) in [5, 5.41) is 18.0. The molecule has 6 N–H and O–H groups in total. The Morgan fingerprint density at radius 2 is 1.00 bits per heavy atom. The standard InChI is InChI=1S/C12H26N4O4/c13-5-3-9-15(11(17)18)7-1-2-8-16(12(19)20)10-4-6-14/h1-10,13-14H2,(H,17,18)(H,19,20). The lowest BCUT2D eigenvalue weighted by Gasteiger charge is -2.21. The van der Waals surface area contributed by atoms with Gasteiger partial charge in [-0.1, -0.05) is 0 Å². The first-order chi connectivity index (χ1) is 9.52. The molecule has 2 amide bonds. The summed E-state index contributed by atoms with van der Waals surface area (Å²) in [5.41, 5.74) is 10.7. The van der Waals surface area contributed by atoms with Crippen LogP contribution in [0.1, 0.15) is 25.7 Å². The number of amides is 2. The van der Waals surface area contributed by atoms with Gasteiger partial charge in [0.1, 0.15) is 0 Å².